The third kappa shape index (κ3) is 3.43. The Labute approximate surface area is 147 Å². The van der Waals surface area contributed by atoms with Crippen LogP contribution in [0.4, 0.5) is 17.3 Å². The summed E-state index contributed by atoms with van der Waals surface area (Å²) in [7, 11) is 1.50. The molecule has 0 saturated carbocycles. The normalized spacial score (nSPS) is 14.5. The van der Waals surface area contributed by atoms with Crippen LogP contribution in [0.2, 0.25) is 0 Å². The molecule has 0 unspecified atom stereocenters. The quantitative estimate of drug-likeness (QED) is 0.429. The van der Waals surface area contributed by atoms with E-state index in [1.54, 1.807) is 0 Å². The molecular weight excluding hydrogens is 378 g/mol. The Balaban J connectivity index is 1.86. The third-order valence-corrected chi connectivity index (χ3v) is 4.35. The van der Waals surface area contributed by atoms with E-state index in [-0.39, 0.29) is 5.69 Å². The molecule has 1 saturated heterocycles. The van der Waals surface area contributed by atoms with E-state index < -0.39 is 4.92 Å². The molecular formula is C16H16BrN3O4. The first kappa shape index (κ1) is 16.5. The Kier molecular flexibility index (Phi) is 4.84. The van der Waals surface area contributed by atoms with E-state index in [1.165, 1.54) is 31.5 Å². The van der Waals surface area contributed by atoms with Crippen LogP contribution in [0.1, 0.15) is 18.6 Å². The number of nitro groups is 1. The molecule has 3 rings (SSSR count). The summed E-state index contributed by atoms with van der Waals surface area (Å²) in [6, 6.07) is 6.11. The Morgan fingerprint density at radius 1 is 1.38 bits per heavy atom. The average molecular weight is 394 g/mol. The highest BCUT2D eigenvalue weighted by Gasteiger charge is 2.19. The number of non-ortho nitro benzene ring substituents is 1. The number of ether oxygens (including phenoxy) is 1. The molecule has 126 valence electrons. The van der Waals surface area contributed by atoms with Gasteiger partial charge in [0.25, 0.3) is 5.69 Å². The van der Waals surface area contributed by atoms with Crippen molar-refractivity contribution < 1.29 is 14.1 Å². The second-order valence-electron chi connectivity index (χ2n) is 5.37. The van der Waals surface area contributed by atoms with Crippen molar-refractivity contribution in [3.63, 3.8) is 0 Å². The van der Waals surface area contributed by atoms with E-state index in [4.69, 9.17) is 9.15 Å². The lowest BCUT2D eigenvalue weighted by molar-refractivity contribution is -0.384. The molecule has 0 aliphatic carbocycles. The number of nitrogens with zero attached hydrogens (tertiary/aromatic N) is 3. The maximum absolute atomic E-state index is 10.9. The maximum Gasteiger partial charge on any atom is 0.271 e. The molecule has 1 aliphatic rings. The van der Waals surface area contributed by atoms with Gasteiger partial charge in [0, 0.05) is 31.3 Å². The summed E-state index contributed by atoms with van der Waals surface area (Å²) in [5.41, 5.74) is 0.336. The Hall–Kier alpha value is -2.35. The fourth-order valence-electron chi connectivity index (χ4n) is 2.60. The van der Waals surface area contributed by atoms with E-state index in [1.807, 2.05) is 6.07 Å². The van der Waals surface area contributed by atoms with Crippen LogP contribution in [0.15, 0.2) is 38.1 Å². The Bertz CT molecular complexity index is 782. The number of furan rings is 1. The number of aliphatic imine (C=N–C) groups is 1. The first-order valence-corrected chi connectivity index (χ1v) is 8.28. The van der Waals surface area contributed by atoms with Gasteiger partial charge in [-0.1, -0.05) is 0 Å². The first-order valence-electron chi connectivity index (χ1n) is 7.49. The van der Waals surface area contributed by atoms with Gasteiger partial charge < -0.3 is 14.1 Å². The SMILES string of the molecule is COc1ccc([N+](=O)[O-])cc1N=Cc1cc(Br)c(N2CCCC2)o1. The summed E-state index contributed by atoms with van der Waals surface area (Å²) in [4.78, 5) is 16.9. The van der Waals surface area contributed by atoms with Crippen LogP contribution in [0.3, 0.4) is 0 Å². The number of benzene rings is 1. The van der Waals surface area contributed by atoms with Crippen molar-refractivity contribution in [2.24, 2.45) is 4.99 Å². The van der Waals surface area contributed by atoms with Gasteiger partial charge in [0.05, 0.1) is 22.7 Å². The third-order valence-electron chi connectivity index (χ3n) is 3.79. The van der Waals surface area contributed by atoms with Gasteiger partial charge in [0.15, 0.2) is 0 Å². The van der Waals surface area contributed by atoms with Crippen LogP contribution in [0.5, 0.6) is 5.75 Å². The lowest BCUT2D eigenvalue weighted by Crippen LogP contribution is -2.17. The molecule has 1 aromatic heterocycles. The number of rotatable bonds is 5. The molecule has 0 atom stereocenters. The van der Waals surface area contributed by atoms with Crippen molar-refractivity contribution in [3.05, 3.63) is 44.6 Å². The molecule has 0 bridgehead atoms. The highest BCUT2D eigenvalue weighted by Crippen LogP contribution is 2.34. The predicted molar refractivity (Wildman–Crippen MR) is 94.8 cm³/mol. The molecule has 1 fully saturated rings. The number of nitro benzene ring substituents is 1. The largest absolute Gasteiger partial charge is 0.494 e. The Morgan fingerprint density at radius 2 is 2.12 bits per heavy atom. The highest BCUT2D eigenvalue weighted by atomic mass is 79.9. The van der Waals surface area contributed by atoms with E-state index >= 15 is 0 Å². The van der Waals surface area contributed by atoms with Gasteiger partial charge in [-0.15, -0.1) is 0 Å². The molecule has 1 aromatic carbocycles. The molecule has 2 heterocycles. The summed E-state index contributed by atoms with van der Waals surface area (Å²) in [5.74, 6) is 1.82. The molecule has 24 heavy (non-hydrogen) atoms. The number of hydrogen-bond acceptors (Lipinski definition) is 6. The fraction of sp³-hybridized carbons (Fsp3) is 0.312. The van der Waals surface area contributed by atoms with Crippen LogP contribution in [0, 0.1) is 10.1 Å². The number of halogens is 1. The van der Waals surface area contributed by atoms with E-state index in [2.05, 4.69) is 25.8 Å². The molecule has 0 spiro atoms. The smallest absolute Gasteiger partial charge is 0.271 e. The van der Waals surface area contributed by atoms with Crippen molar-refractivity contribution in [1.82, 2.24) is 0 Å². The summed E-state index contributed by atoms with van der Waals surface area (Å²) in [6.45, 7) is 1.95. The fourth-order valence-corrected chi connectivity index (χ4v) is 3.16. The van der Waals surface area contributed by atoms with Crippen LogP contribution < -0.4 is 9.64 Å². The summed E-state index contributed by atoms with van der Waals surface area (Å²) >= 11 is 3.50. The second kappa shape index (κ2) is 7.04. The van der Waals surface area contributed by atoms with Gasteiger partial charge in [0.1, 0.15) is 17.2 Å². The molecule has 0 amide bonds. The van der Waals surface area contributed by atoms with Gasteiger partial charge >= 0.3 is 0 Å². The van der Waals surface area contributed by atoms with Gasteiger partial charge in [-0.05, 0) is 34.8 Å². The molecule has 0 radical (unpaired) electrons. The van der Waals surface area contributed by atoms with Crippen molar-refractivity contribution >= 4 is 39.4 Å². The molecule has 0 N–H and O–H groups in total. The van der Waals surface area contributed by atoms with Crippen molar-refractivity contribution in [1.29, 1.82) is 0 Å². The summed E-state index contributed by atoms with van der Waals surface area (Å²) in [5, 5.41) is 10.9. The van der Waals surface area contributed by atoms with E-state index in [0.717, 1.165) is 36.3 Å². The van der Waals surface area contributed by atoms with Crippen molar-refractivity contribution in [2.45, 2.75) is 12.8 Å². The van der Waals surface area contributed by atoms with Gasteiger partial charge in [0.2, 0.25) is 5.88 Å². The first-order chi connectivity index (χ1) is 11.6. The average Bonchev–Trinajstić information content (AvgIpc) is 3.21. The summed E-state index contributed by atoms with van der Waals surface area (Å²) < 4.78 is 11.9. The zero-order valence-corrected chi connectivity index (χ0v) is 14.7. The van der Waals surface area contributed by atoms with E-state index in [9.17, 15) is 10.1 Å². The van der Waals surface area contributed by atoms with Gasteiger partial charge in [-0.3, -0.25) is 10.1 Å². The zero-order chi connectivity index (χ0) is 17.1. The topological polar surface area (TPSA) is 81.1 Å². The van der Waals surface area contributed by atoms with Crippen LogP contribution >= 0.6 is 15.9 Å². The number of hydrogen-bond donors (Lipinski definition) is 0. The Morgan fingerprint density at radius 3 is 2.79 bits per heavy atom. The van der Waals surface area contributed by atoms with Crippen LogP contribution in [-0.4, -0.2) is 31.3 Å². The maximum atomic E-state index is 10.9. The molecule has 8 heteroatoms. The van der Waals surface area contributed by atoms with Crippen LogP contribution in [0.25, 0.3) is 0 Å². The van der Waals surface area contributed by atoms with Crippen molar-refractivity contribution in [3.8, 4) is 5.75 Å². The lowest BCUT2D eigenvalue weighted by Gasteiger charge is -2.13. The minimum absolute atomic E-state index is 0.0404. The minimum Gasteiger partial charge on any atom is -0.494 e. The molecule has 2 aromatic rings. The molecule has 1 aliphatic heterocycles. The number of anilines is 1. The van der Waals surface area contributed by atoms with Gasteiger partial charge in [-0.25, -0.2) is 4.99 Å². The molecule has 7 nitrogen and oxygen atoms in total. The highest BCUT2D eigenvalue weighted by molar-refractivity contribution is 9.10. The summed E-state index contributed by atoms with van der Waals surface area (Å²) in [6.07, 6.45) is 3.84. The lowest BCUT2D eigenvalue weighted by atomic mass is 10.2. The minimum atomic E-state index is -0.465. The van der Waals surface area contributed by atoms with Gasteiger partial charge in [-0.2, -0.15) is 0 Å². The monoisotopic (exact) mass is 393 g/mol. The second-order valence-corrected chi connectivity index (χ2v) is 6.22. The standard InChI is InChI=1S/C16H16BrN3O4/c1-23-15-5-4-11(20(21)22)8-14(15)18-10-12-9-13(17)16(24-12)19-6-2-3-7-19/h4-5,8-10H,2-3,6-7H2,1H3. The number of methoxy groups -OCH3 is 1. The van der Waals surface area contributed by atoms with E-state index in [0.29, 0.717) is 17.2 Å². The van der Waals surface area contributed by atoms with Crippen molar-refractivity contribution in [2.75, 3.05) is 25.1 Å². The van der Waals surface area contributed by atoms with Crippen LogP contribution in [-0.2, 0) is 0 Å². The zero-order valence-electron chi connectivity index (χ0n) is 13.1. The predicted octanol–water partition coefficient (Wildman–Crippen LogP) is 4.31.